The van der Waals surface area contributed by atoms with Gasteiger partial charge in [0.1, 0.15) is 5.69 Å². The van der Waals surface area contributed by atoms with E-state index in [0.717, 1.165) is 24.1 Å². The maximum absolute atomic E-state index is 12.7. The van der Waals surface area contributed by atoms with Crippen molar-refractivity contribution in [3.63, 3.8) is 0 Å². The number of pyridine rings is 1. The van der Waals surface area contributed by atoms with Gasteiger partial charge >= 0.3 is 0 Å². The molecule has 0 aliphatic heterocycles. The first-order valence-electron chi connectivity index (χ1n) is 8.44. The molecule has 1 fully saturated rings. The van der Waals surface area contributed by atoms with Crippen LogP contribution in [0.5, 0.6) is 0 Å². The summed E-state index contributed by atoms with van der Waals surface area (Å²) in [6.45, 7) is 8.05. The van der Waals surface area contributed by atoms with Gasteiger partial charge in [0.15, 0.2) is 5.78 Å². The molecule has 0 N–H and O–H groups in total. The lowest BCUT2D eigenvalue weighted by molar-refractivity contribution is 0.0986. The minimum atomic E-state index is -0.156. The van der Waals surface area contributed by atoms with Crippen LogP contribution >= 0.6 is 0 Å². The van der Waals surface area contributed by atoms with Gasteiger partial charge in [0.25, 0.3) is 0 Å². The number of ketones is 1. The minimum Gasteiger partial charge on any atom is -0.292 e. The highest BCUT2D eigenvalue weighted by Crippen LogP contribution is 2.41. The van der Waals surface area contributed by atoms with Gasteiger partial charge < -0.3 is 0 Å². The summed E-state index contributed by atoms with van der Waals surface area (Å²) in [5.41, 5.74) is 11.9. The molecule has 2 aromatic rings. The van der Waals surface area contributed by atoms with Crippen molar-refractivity contribution in [3.05, 3.63) is 51.4 Å². The van der Waals surface area contributed by atoms with E-state index in [1.807, 2.05) is 10.7 Å². The molecule has 0 aromatic carbocycles. The van der Waals surface area contributed by atoms with E-state index in [1.165, 1.54) is 0 Å². The molecule has 2 heterocycles. The molecule has 1 aliphatic rings. The van der Waals surface area contributed by atoms with Crippen LogP contribution in [0.15, 0.2) is 23.4 Å². The summed E-state index contributed by atoms with van der Waals surface area (Å²) in [6.07, 6.45) is 4.15. The molecule has 7 nitrogen and oxygen atoms in total. The Hall–Kier alpha value is -2.66. The van der Waals surface area contributed by atoms with Crippen molar-refractivity contribution in [2.45, 2.75) is 58.4 Å². The Bertz CT molecular complexity index is 866. The van der Waals surface area contributed by atoms with E-state index in [2.05, 4.69) is 40.9 Å². The van der Waals surface area contributed by atoms with Crippen LogP contribution in [0.1, 0.15) is 67.0 Å². The fraction of sp³-hybridized carbons (Fsp3) is 0.500. The van der Waals surface area contributed by atoms with Crippen molar-refractivity contribution in [1.29, 1.82) is 0 Å². The number of carbonyl (C=O) groups excluding carboxylic acids is 1. The van der Waals surface area contributed by atoms with Gasteiger partial charge in [-0.1, -0.05) is 5.11 Å². The van der Waals surface area contributed by atoms with Crippen LogP contribution in [0.4, 0.5) is 5.69 Å². The molecule has 25 heavy (non-hydrogen) atoms. The van der Waals surface area contributed by atoms with Crippen molar-refractivity contribution in [2.75, 3.05) is 0 Å². The molecular formula is C18H22N6O. The highest BCUT2D eigenvalue weighted by atomic mass is 16.1. The molecule has 0 atom stereocenters. The van der Waals surface area contributed by atoms with E-state index in [9.17, 15) is 4.79 Å². The number of Topliss-reactive ketones (excluding diaryl/α,β-unsaturated/α-hetero) is 1. The number of rotatable bonds is 5. The first-order valence-corrected chi connectivity index (χ1v) is 8.44. The third-order valence-corrected chi connectivity index (χ3v) is 4.29. The molecule has 7 heteroatoms. The van der Waals surface area contributed by atoms with Gasteiger partial charge in [0, 0.05) is 34.8 Å². The zero-order valence-electron chi connectivity index (χ0n) is 15.0. The largest absolute Gasteiger partial charge is 0.292 e. The highest BCUT2D eigenvalue weighted by Gasteiger charge is 2.32. The molecule has 0 radical (unpaired) electrons. The number of aromatic nitrogens is 3. The molecule has 130 valence electrons. The van der Waals surface area contributed by atoms with Crippen LogP contribution < -0.4 is 0 Å². The summed E-state index contributed by atoms with van der Waals surface area (Å²) in [7, 11) is 0. The monoisotopic (exact) mass is 338 g/mol. The van der Waals surface area contributed by atoms with Gasteiger partial charge in [0.2, 0.25) is 0 Å². The zero-order valence-corrected chi connectivity index (χ0v) is 15.0. The Kier molecular flexibility index (Phi) is 4.35. The van der Waals surface area contributed by atoms with Crippen molar-refractivity contribution in [1.82, 2.24) is 14.8 Å². The molecule has 1 aliphatic carbocycles. The normalized spacial score (nSPS) is 14.2. The minimum absolute atomic E-state index is 0.0533. The number of hydrogen-bond acceptors (Lipinski definition) is 4. The molecule has 0 spiro atoms. The van der Waals surface area contributed by atoms with Gasteiger partial charge in [-0.05, 0) is 63.8 Å². The molecule has 0 unspecified atom stereocenters. The van der Waals surface area contributed by atoms with Gasteiger partial charge in [0.05, 0.1) is 11.2 Å². The number of azide groups is 1. The van der Waals surface area contributed by atoms with Crippen molar-refractivity contribution in [2.24, 2.45) is 5.11 Å². The predicted molar refractivity (Wildman–Crippen MR) is 95.0 cm³/mol. The maximum atomic E-state index is 12.7. The third-order valence-electron chi connectivity index (χ3n) is 4.29. The van der Waals surface area contributed by atoms with E-state index in [-0.39, 0.29) is 17.7 Å². The summed E-state index contributed by atoms with van der Waals surface area (Å²) in [5, 5.41) is 8.20. The van der Waals surface area contributed by atoms with E-state index in [4.69, 9.17) is 5.53 Å². The summed E-state index contributed by atoms with van der Waals surface area (Å²) in [5.74, 6) is 0.466. The second-order valence-corrected chi connectivity index (χ2v) is 7.55. The Morgan fingerprint density at radius 2 is 2.12 bits per heavy atom. The maximum Gasteiger partial charge on any atom is 0.187 e. The van der Waals surface area contributed by atoms with Crippen molar-refractivity contribution in [3.8, 4) is 0 Å². The molecule has 3 rings (SSSR count). The third kappa shape index (κ3) is 3.72. The van der Waals surface area contributed by atoms with E-state index >= 15 is 0 Å². The fourth-order valence-electron chi connectivity index (χ4n) is 2.82. The molecule has 0 bridgehead atoms. The first kappa shape index (κ1) is 17.2. The second kappa shape index (κ2) is 6.33. The Labute approximate surface area is 146 Å². The van der Waals surface area contributed by atoms with E-state index < -0.39 is 0 Å². The number of carbonyl (C=O) groups is 1. The second-order valence-electron chi connectivity index (χ2n) is 7.55. The molecule has 1 saturated carbocycles. The quantitative estimate of drug-likeness (QED) is 0.345. The Balaban J connectivity index is 1.87. The number of nitrogens with zero attached hydrogens (tertiary/aromatic N) is 6. The fourth-order valence-corrected chi connectivity index (χ4v) is 2.82. The molecule has 0 amide bonds. The van der Waals surface area contributed by atoms with E-state index in [0.29, 0.717) is 23.0 Å². The van der Waals surface area contributed by atoms with Gasteiger partial charge in [-0.2, -0.15) is 5.10 Å². The van der Waals surface area contributed by atoms with Crippen LogP contribution in [0.2, 0.25) is 0 Å². The molecule has 0 saturated heterocycles. The van der Waals surface area contributed by atoms with Crippen molar-refractivity contribution >= 4 is 11.5 Å². The van der Waals surface area contributed by atoms with Crippen LogP contribution in [0, 0.1) is 6.92 Å². The van der Waals surface area contributed by atoms with Crippen molar-refractivity contribution < 1.29 is 4.79 Å². The van der Waals surface area contributed by atoms with Gasteiger partial charge in [-0.3, -0.25) is 14.5 Å². The van der Waals surface area contributed by atoms with Crippen LogP contribution in [-0.4, -0.2) is 20.5 Å². The predicted octanol–water partition coefficient (Wildman–Crippen LogP) is 4.59. The lowest BCUT2D eigenvalue weighted by Gasteiger charge is -2.22. The zero-order chi connectivity index (χ0) is 18.2. The summed E-state index contributed by atoms with van der Waals surface area (Å²) < 4.78 is 1.98. The number of aryl methyl sites for hydroxylation is 1. The SMILES string of the molecule is Cc1ncc(CC(=O)c2cc(C3CC3)n(C(C)(C)C)n2)cc1N=[N+]=[N-]. The van der Waals surface area contributed by atoms with Gasteiger partial charge in [-0.15, -0.1) is 0 Å². The average molecular weight is 338 g/mol. The smallest absolute Gasteiger partial charge is 0.187 e. The topological polar surface area (TPSA) is 96.5 Å². The molecular weight excluding hydrogens is 316 g/mol. The first-order chi connectivity index (χ1) is 11.8. The lowest BCUT2D eigenvalue weighted by atomic mass is 10.1. The highest BCUT2D eigenvalue weighted by molar-refractivity contribution is 5.96. The summed E-state index contributed by atoms with van der Waals surface area (Å²) in [6, 6.07) is 3.64. The van der Waals surface area contributed by atoms with Crippen LogP contribution in [0.25, 0.3) is 10.4 Å². The molecule has 2 aromatic heterocycles. The van der Waals surface area contributed by atoms with Crippen LogP contribution in [0.3, 0.4) is 0 Å². The lowest BCUT2D eigenvalue weighted by Crippen LogP contribution is -2.25. The average Bonchev–Trinajstić information content (AvgIpc) is 3.27. The number of hydrogen-bond donors (Lipinski definition) is 0. The Morgan fingerprint density at radius 3 is 2.72 bits per heavy atom. The van der Waals surface area contributed by atoms with Gasteiger partial charge in [-0.25, -0.2) is 0 Å². The van der Waals surface area contributed by atoms with E-state index in [1.54, 1.807) is 19.2 Å². The Morgan fingerprint density at radius 1 is 1.40 bits per heavy atom. The summed E-state index contributed by atoms with van der Waals surface area (Å²) >= 11 is 0. The standard InChI is InChI=1S/C18H22N6O/c1-11-14(21-23-19)7-12(10-20-11)8-17(25)15-9-16(13-5-6-13)24(22-15)18(2,3)4/h7,9-10,13H,5-6,8H2,1-4H3. The summed E-state index contributed by atoms with van der Waals surface area (Å²) in [4.78, 5) is 19.7. The van der Waals surface area contributed by atoms with Crippen LogP contribution in [-0.2, 0) is 12.0 Å².